The van der Waals surface area contributed by atoms with Crippen LogP contribution in [-0.2, 0) is 16.0 Å². The number of ether oxygens (including phenoxy) is 1. The Hall–Kier alpha value is -3.45. The summed E-state index contributed by atoms with van der Waals surface area (Å²) in [4.78, 5) is 35.8. The lowest BCUT2D eigenvalue weighted by Gasteiger charge is -2.10. The molecule has 0 saturated heterocycles. The summed E-state index contributed by atoms with van der Waals surface area (Å²) >= 11 is 1.17. The van der Waals surface area contributed by atoms with Gasteiger partial charge in [0.2, 0.25) is 0 Å². The smallest absolute Gasteiger partial charge is 0.338 e. The first-order valence-electron chi connectivity index (χ1n) is 8.50. The molecule has 0 aliphatic carbocycles. The van der Waals surface area contributed by atoms with Crippen molar-refractivity contribution in [3.05, 3.63) is 88.3 Å². The van der Waals surface area contributed by atoms with Crippen molar-refractivity contribution in [2.24, 2.45) is 5.73 Å². The summed E-state index contributed by atoms with van der Waals surface area (Å²) in [5, 5.41) is 4.51. The highest BCUT2D eigenvalue weighted by Gasteiger charge is 2.16. The van der Waals surface area contributed by atoms with E-state index in [-0.39, 0.29) is 5.56 Å². The fraction of sp³-hybridized carbons (Fsp3) is 0.0952. The number of carbonyl (C=O) groups is 3. The molecule has 0 aliphatic heterocycles. The van der Waals surface area contributed by atoms with Crippen LogP contribution in [0.2, 0.25) is 0 Å². The van der Waals surface area contributed by atoms with Crippen LogP contribution in [-0.4, -0.2) is 24.4 Å². The first kappa shape index (κ1) is 19.3. The van der Waals surface area contributed by atoms with Gasteiger partial charge >= 0.3 is 5.97 Å². The largest absolute Gasteiger partial charge is 0.452 e. The third kappa shape index (κ3) is 4.83. The molecule has 3 N–H and O–H groups in total. The van der Waals surface area contributed by atoms with Crippen LogP contribution in [0.4, 0.5) is 5.00 Å². The molecule has 0 aliphatic rings. The molecule has 3 aromatic rings. The second-order valence-corrected chi connectivity index (χ2v) is 6.89. The highest BCUT2D eigenvalue weighted by Crippen LogP contribution is 2.22. The van der Waals surface area contributed by atoms with Gasteiger partial charge in [0.15, 0.2) is 6.61 Å². The topological polar surface area (TPSA) is 98.5 Å². The van der Waals surface area contributed by atoms with E-state index in [0.29, 0.717) is 17.0 Å². The fourth-order valence-corrected chi connectivity index (χ4v) is 3.47. The van der Waals surface area contributed by atoms with Gasteiger partial charge in [-0.15, -0.1) is 11.3 Å². The molecule has 0 radical (unpaired) electrons. The van der Waals surface area contributed by atoms with Gasteiger partial charge in [-0.25, -0.2) is 4.79 Å². The Bertz CT molecular complexity index is 998. The van der Waals surface area contributed by atoms with Gasteiger partial charge in [0, 0.05) is 0 Å². The van der Waals surface area contributed by atoms with Crippen LogP contribution in [0.1, 0.15) is 31.8 Å². The van der Waals surface area contributed by atoms with E-state index >= 15 is 0 Å². The first-order valence-corrected chi connectivity index (χ1v) is 9.38. The van der Waals surface area contributed by atoms with E-state index in [1.54, 1.807) is 17.5 Å². The highest BCUT2D eigenvalue weighted by molar-refractivity contribution is 7.14. The minimum atomic E-state index is -0.636. The average Bonchev–Trinajstić information content (AvgIpc) is 3.16. The number of hydrogen-bond donors (Lipinski definition) is 2. The second-order valence-electron chi connectivity index (χ2n) is 5.97. The molecular weight excluding hydrogens is 376 g/mol. The molecule has 0 fully saturated rings. The first-order chi connectivity index (χ1) is 13.5. The van der Waals surface area contributed by atoms with E-state index in [9.17, 15) is 14.4 Å². The Kier molecular flexibility index (Phi) is 6.18. The minimum absolute atomic E-state index is 0.220. The zero-order valence-electron chi connectivity index (χ0n) is 14.9. The van der Waals surface area contributed by atoms with Crippen LogP contribution in [0, 0.1) is 0 Å². The summed E-state index contributed by atoms with van der Waals surface area (Å²) in [6, 6.07) is 18.4. The van der Waals surface area contributed by atoms with Crippen molar-refractivity contribution in [2.75, 3.05) is 11.9 Å². The molecule has 142 valence electrons. The molecule has 1 heterocycles. The maximum absolute atomic E-state index is 12.5. The zero-order chi connectivity index (χ0) is 19.9. The molecule has 3 rings (SSSR count). The number of nitrogens with two attached hydrogens (primary N) is 1. The summed E-state index contributed by atoms with van der Waals surface area (Å²) in [6.07, 6.45) is 0.579. The van der Waals surface area contributed by atoms with Gasteiger partial charge in [-0.3, -0.25) is 9.59 Å². The van der Waals surface area contributed by atoms with Crippen molar-refractivity contribution >= 4 is 34.1 Å². The second kappa shape index (κ2) is 8.96. The van der Waals surface area contributed by atoms with Crippen molar-refractivity contribution in [3.63, 3.8) is 0 Å². The molecule has 0 unspecified atom stereocenters. The predicted molar refractivity (Wildman–Crippen MR) is 107 cm³/mol. The number of nitrogens with one attached hydrogen (secondary N) is 1. The number of primary amides is 1. The number of hydrogen-bond acceptors (Lipinski definition) is 5. The Morgan fingerprint density at radius 1 is 0.929 bits per heavy atom. The van der Waals surface area contributed by atoms with E-state index in [4.69, 9.17) is 10.5 Å². The number of carbonyl (C=O) groups excluding carboxylic acids is 3. The van der Waals surface area contributed by atoms with Crippen molar-refractivity contribution in [2.45, 2.75) is 6.42 Å². The number of rotatable bonds is 7. The number of benzene rings is 2. The van der Waals surface area contributed by atoms with Gasteiger partial charge in [0.05, 0.1) is 11.1 Å². The van der Waals surface area contributed by atoms with Crippen molar-refractivity contribution in [1.82, 2.24) is 0 Å². The van der Waals surface area contributed by atoms with Crippen LogP contribution < -0.4 is 11.1 Å². The van der Waals surface area contributed by atoms with E-state index in [1.807, 2.05) is 42.5 Å². The quantitative estimate of drug-likeness (QED) is 0.601. The number of amides is 2. The van der Waals surface area contributed by atoms with Gasteiger partial charge in [-0.2, -0.15) is 0 Å². The third-order valence-electron chi connectivity index (χ3n) is 3.99. The fourth-order valence-electron chi connectivity index (χ4n) is 2.66. The van der Waals surface area contributed by atoms with Gasteiger partial charge in [0.25, 0.3) is 11.8 Å². The molecule has 2 aromatic carbocycles. The monoisotopic (exact) mass is 394 g/mol. The maximum Gasteiger partial charge on any atom is 0.338 e. The minimum Gasteiger partial charge on any atom is -0.452 e. The molecule has 1 aromatic heterocycles. The lowest BCUT2D eigenvalue weighted by atomic mass is 10.00. The molecular formula is C21H18N2O4S. The number of esters is 1. The average molecular weight is 394 g/mol. The molecule has 0 bridgehead atoms. The van der Waals surface area contributed by atoms with Crippen LogP contribution in [0.5, 0.6) is 0 Å². The number of thiophene rings is 1. The van der Waals surface area contributed by atoms with Gasteiger partial charge < -0.3 is 15.8 Å². The molecule has 2 amide bonds. The van der Waals surface area contributed by atoms with Gasteiger partial charge in [0.1, 0.15) is 5.00 Å². The summed E-state index contributed by atoms with van der Waals surface area (Å²) < 4.78 is 5.15. The standard InChI is InChI=1S/C21H18N2O4S/c22-19(25)17-10-11-28-20(17)23-18(24)13-27-21(26)16-9-5-4-8-15(16)12-14-6-2-1-3-7-14/h1-11H,12-13H2,(H2,22,25)(H,23,24). The van der Waals surface area contributed by atoms with Crippen LogP contribution in [0.15, 0.2) is 66.0 Å². The van der Waals surface area contributed by atoms with Crippen LogP contribution in [0.25, 0.3) is 0 Å². The van der Waals surface area contributed by atoms with E-state index in [0.717, 1.165) is 11.1 Å². The normalized spacial score (nSPS) is 10.3. The Balaban J connectivity index is 1.63. The van der Waals surface area contributed by atoms with Crippen molar-refractivity contribution in [1.29, 1.82) is 0 Å². The van der Waals surface area contributed by atoms with Crippen LogP contribution in [0.3, 0.4) is 0 Å². The maximum atomic E-state index is 12.5. The Morgan fingerprint density at radius 3 is 2.39 bits per heavy atom. The third-order valence-corrected chi connectivity index (χ3v) is 4.82. The predicted octanol–water partition coefficient (Wildman–Crippen LogP) is 3.23. The molecule has 7 heteroatoms. The highest BCUT2D eigenvalue weighted by atomic mass is 32.1. The summed E-state index contributed by atoms with van der Waals surface area (Å²) in [5.74, 6) is -1.76. The molecule has 6 nitrogen and oxygen atoms in total. The van der Waals surface area contributed by atoms with E-state index < -0.39 is 24.4 Å². The Labute approximate surface area is 165 Å². The van der Waals surface area contributed by atoms with Crippen molar-refractivity contribution in [3.8, 4) is 0 Å². The number of anilines is 1. The molecule has 0 atom stereocenters. The lowest BCUT2D eigenvalue weighted by molar-refractivity contribution is -0.119. The van der Waals surface area contributed by atoms with Crippen LogP contribution >= 0.6 is 11.3 Å². The Morgan fingerprint density at radius 2 is 1.64 bits per heavy atom. The summed E-state index contributed by atoms with van der Waals surface area (Å²) in [5.41, 5.74) is 7.75. The van der Waals surface area contributed by atoms with E-state index in [1.165, 1.54) is 17.4 Å². The molecule has 28 heavy (non-hydrogen) atoms. The molecule has 0 saturated carbocycles. The van der Waals surface area contributed by atoms with Crippen molar-refractivity contribution < 1.29 is 19.1 Å². The molecule has 0 spiro atoms. The lowest BCUT2D eigenvalue weighted by Crippen LogP contribution is -2.22. The SMILES string of the molecule is NC(=O)c1ccsc1NC(=O)COC(=O)c1ccccc1Cc1ccccc1. The van der Waals surface area contributed by atoms with Gasteiger partial charge in [-0.05, 0) is 35.1 Å². The van der Waals surface area contributed by atoms with E-state index in [2.05, 4.69) is 5.32 Å². The summed E-state index contributed by atoms with van der Waals surface area (Å²) in [6.45, 7) is -0.464. The van der Waals surface area contributed by atoms with Gasteiger partial charge in [-0.1, -0.05) is 48.5 Å². The summed E-state index contributed by atoms with van der Waals surface area (Å²) in [7, 11) is 0. The zero-order valence-corrected chi connectivity index (χ0v) is 15.7.